The van der Waals surface area contributed by atoms with Gasteiger partial charge in [0.15, 0.2) is 0 Å². The number of nitrogens with zero attached hydrogens (tertiary/aromatic N) is 2. The van der Waals surface area contributed by atoms with Crippen LogP contribution in [0.2, 0.25) is 0 Å². The standard InChI is InChI=1S/C10H6Br2N2O2S2/c11-5(3-15)9-13-1-7(17-9)8-2-14-10(18-8)6(12)4-16/h1-6H. The summed E-state index contributed by atoms with van der Waals surface area (Å²) >= 11 is 9.31. The summed E-state index contributed by atoms with van der Waals surface area (Å²) in [5.74, 6) is 0. The Balaban J connectivity index is 2.26. The molecule has 0 fully saturated rings. The molecular formula is C10H6Br2N2O2S2. The van der Waals surface area contributed by atoms with E-state index in [1.807, 2.05) is 0 Å². The second kappa shape index (κ2) is 6.14. The summed E-state index contributed by atoms with van der Waals surface area (Å²) in [4.78, 5) is 30.8. The minimum absolute atomic E-state index is 0.373. The second-order valence-electron chi connectivity index (χ2n) is 3.20. The van der Waals surface area contributed by atoms with E-state index in [0.29, 0.717) is 10.0 Å². The van der Waals surface area contributed by atoms with Crippen molar-refractivity contribution in [2.45, 2.75) is 9.65 Å². The van der Waals surface area contributed by atoms with Crippen molar-refractivity contribution in [2.75, 3.05) is 0 Å². The summed E-state index contributed by atoms with van der Waals surface area (Å²) in [7, 11) is 0. The lowest BCUT2D eigenvalue weighted by atomic mass is 10.5. The number of halogens is 2. The number of carbonyl (C=O) groups is 2. The molecule has 0 aromatic carbocycles. The topological polar surface area (TPSA) is 59.9 Å². The summed E-state index contributed by atoms with van der Waals surface area (Å²) in [5, 5.41) is 1.42. The van der Waals surface area contributed by atoms with Crippen LogP contribution in [0.3, 0.4) is 0 Å². The molecule has 2 aromatic heterocycles. The van der Waals surface area contributed by atoms with Gasteiger partial charge in [-0.2, -0.15) is 0 Å². The molecule has 0 aliphatic carbocycles. The van der Waals surface area contributed by atoms with Crippen LogP contribution in [-0.4, -0.2) is 22.5 Å². The van der Waals surface area contributed by atoms with Crippen LogP contribution >= 0.6 is 54.5 Å². The maximum Gasteiger partial charge on any atom is 0.140 e. The third-order valence-electron chi connectivity index (χ3n) is 2.00. The summed E-state index contributed by atoms with van der Waals surface area (Å²) < 4.78 is 0. The molecule has 0 bridgehead atoms. The molecule has 2 atom stereocenters. The Bertz CT molecular complexity index is 519. The van der Waals surface area contributed by atoms with Gasteiger partial charge in [0.1, 0.15) is 32.2 Å². The van der Waals surface area contributed by atoms with Crippen LogP contribution in [0.5, 0.6) is 0 Å². The summed E-state index contributed by atoms with van der Waals surface area (Å²) in [5.41, 5.74) is 0. The maximum atomic E-state index is 10.6. The minimum Gasteiger partial charge on any atom is -0.302 e. The fourth-order valence-electron chi connectivity index (χ4n) is 1.17. The average molecular weight is 410 g/mol. The maximum absolute atomic E-state index is 10.6. The van der Waals surface area contributed by atoms with Crippen molar-refractivity contribution in [3.8, 4) is 9.75 Å². The Kier molecular flexibility index (Phi) is 4.77. The molecule has 0 N–H and O–H groups in total. The molecule has 0 radical (unpaired) electrons. The zero-order valence-corrected chi connectivity index (χ0v) is 13.6. The van der Waals surface area contributed by atoms with E-state index in [9.17, 15) is 9.59 Å². The van der Waals surface area contributed by atoms with E-state index in [2.05, 4.69) is 41.8 Å². The normalized spacial score (nSPS) is 14.1. The van der Waals surface area contributed by atoms with Crippen molar-refractivity contribution >= 4 is 67.1 Å². The van der Waals surface area contributed by atoms with Crippen molar-refractivity contribution in [2.24, 2.45) is 0 Å². The van der Waals surface area contributed by atoms with Crippen LogP contribution in [0, 0.1) is 0 Å². The molecule has 0 aliphatic rings. The molecule has 18 heavy (non-hydrogen) atoms. The first kappa shape index (κ1) is 14.0. The SMILES string of the molecule is O=CC(Br)c1ncc(-c2cnc(C(Br)C=O)s2)s1. The highest BCUT2D eigenvalue weighted by atomic mass is 79.9. The van der Waals surface area contributed by atoms with Crippen molar-refractivity contribution in [1.82, 2.24) is 9.97 Å². The molecule has 0 aliphatic heterocycles. The third kappa shape index (κ3) is 2.93. The van der Waals surface area contributed by atoms with Gasteiger partial charge < -0.3 is 9.59 Å². The molecule has 8 heteroatoms. The van der Waals surface area contributed by atoms with Gasteiger partial charge in [-0.3, -0.25) is 0 Å². The summed E-state index contributed by atoms with van der Waals surface area (Å²) in [6, 6.07) is 0. The largest absolute Gasteiger partial charge is 0.302 e. The van der Waals surface area contributed by atoms with Gasteiger partial charge in [-0.15, -0.1) is 22.7 Å². The van der Waals surface area contributed by atoms with Gasteiger partial charge in [-0.1, -0.05) is 31.9 Å². The van der Waals surface area contributed by atoms with Crippen molar-refractivity contribution in [3.05, 3.63) is 22.4 Å². The Hall–Kier alpha value is -0.440. The van der Waals surface area contributed by atoms with Crippen LogP contribution in [0.1, 0.15) is 19.7 Å². The van der Waals surface area contributed by atoms with Gasteiger partial charge in [0.25, 0.3) is 0 Å². The number of aldehydes is 2. The van der Waals surface area contributed by atoms with Gasteiger partial charge in [0.2, 0.25) is 0 Å². The molecule has 0 saturated heterocycles. The highest BCUT2D eigenvalue weighted by Crippen LogP contribution is 2.36. The number of hydrogen-bond donors (Lipinski definition) is 0. The number of carbonyl (C=O) groups excluding carboxylic acids is 2. The minimum atomic E-state index is -0.373. The van der Waals surface area contributed by atoms with Crippen LogP contribution in [0.25, 0.3) is 9.75 Å². The van der Waals surface area contributed by atoms with E-state index in [0.717, 1.165) is 22.3 Å². The van der Waals surface area contributed by atoms with E-state index in [1.54, 1.807) is 12.4 Å². The fourth-order valence-corrected chi connectivity index (χ4v) is 3.74. The fraction of sp³-hybridized carbons (Fsp3) is 0.200. The zero-order valence-electron chi connectivity index (χ0n) is 8.75. The lowest BCUT2D eigenvalue weighted by Gasteiger charge is -1.93. The molecule has 0 saturated carbocycles. The molecule has 0 spiro atoms. The van der Waals surface area contributed by atoms with Crippen molar-refractivity contribution < 1.29 is 9.59 Å². The first-order valence-electron chi connectivity index (χ1n) is 4.76. The number of thiazole rings is 2. The van der Waals surface area contributed by atoms with E-state index in [1.165, 1.54) is 22.7 Å². The predicted molar refractivity (Wildman–Crippen MR) is 78.7 cm³/mol. The lowest BCUT2D eigenvalue weighted by Crippen LogP contribution is -1.87. The molecular weight excluding hydrogens is 404 g/mol. The van der Waals surface area contributed by atoms with Crippen molar-refractivity contribution in [3.63, 3.8) is 0 Å². The average Bonchev–Trinajstić information content (AvgIpc) is 3.04. The number of aromatic nitrogens is 2. The van der Waals surface area contributed by atoms with E-state index in [4.69, 9.17) is 0 Å². The Labute approximate surface area is 128 Å². The zero-order chi connectivity index (χ0) is 13.1. The molecule has 2 aromatic rings. The highest BCUT2D eigenvalue weighted by molar-refractivity contribution is 9.09. The van der Waals surface area contributed by atoms with Crippen LogP contribution in [0.4, 0.5) is 0 Å². The van der Waals surface area contributed by atoms with Crippen LogP contribution < -0.4 is 0 Å². The van der Waals surface area contributed by atoms with Crippen molar-refractivity contribution in [1.29, 1.82) is 0 Å². The quantitative estimate of drug-likeness (QED) is 0.559. The molecule has 4 nitrogen and oxygen atoms in total. The van der Waals surface area contributed by atoms with E-state index < -0.39 is 0 Å². The Morgan fingerprint density at radius 2 is 1.33 bits per heavy atom. The Morgan fingerprint density at radius 3 is 1.67 bits per heavy atom. The van der Waals surface area contributed by atoms with Crippen LogP contribution in [0.15, 0.2) is 12.4 Å². The Morgan fingerprint density at radius 1 is 0.944 bits per heavy atom. The summed E-state index contributed by atoms with van der Waals surface area (Å²) in [6.45, 7) is 0. The van der Waals surface area contributed by atoms with Gasteiger partial charge in [0.05, 0.1) is 9.75 Å². The first-order chi connectivity index (χ1) is 8.65. The highest BCUT2D eigenvalue weighted by Gasteiger charge is 2.16. The second-order valence-corrected chi connectivity index (χ2v) is 7.30. The van der Waals surface area contributed by atoms with Crippen LogP contribution in [-0.2, 0) is 9.59 Å². The van der Waals surface area contributed by atoms with Gasteiger partial charge >= 0.3 is 0 Å². The molecule has 2 heterocycles. The number of rotatable bonds is 5. The summed E-state index contributed by atoms with van der Waals surface area (Å²) in [6.07, 6.45) is 5.00. The predicted octanol–water partition coefficient (Wildman–Crippen LogP) is 3.54. The number of alkyl halides is 2. The van der Waals surface area contributed by atoms with E-state index in [-0.39, 0.29) is 9.65 Å². The number of hydrogen-bond acceptors (Lipinski definition) is 6. The first-order valence-corrected chi connectivity index (χ1v) is 8.22. The van der Waals surface area contributed by atoms with E-state index >= 15 is 0 Å². The molecule has 2 unspecified atom stereocenters. The molecule has 0 amide bonds. The monoisotopic (exact) mass is 408 g/mol. The van der Waals surface area contributed by atoms with Gasteiger partial charge in [0, 0.05) is 12.4 Å². The molecule has 2 rings (SSSR count). The van der Waals surface area contributed by atoms with Gasteiger partial charge in [-0.05, 0) is 0 Å². The van der Waals surface area contributed by atoms with Gasteiger partial charge in [-0.25, -0.2) is 9.97 Å². The molecule has 94 valence electrons. The smallest absolute Gasteiger partial charge is 0.140 e. The third-order valence-corrected chi connectivity index (χ3v) is 6.26. The lowest BCUT2D eigenvalue weighted by molar-refractivity contribution is -0.108.